The number of amides is 2. The SMILES string of the molecule is CC1CCC(N2C[C@@H](C(=O)N(C)CCC(=O)O)CC2=O)CC1. The predicted octanol–water partition coefficient (Wildman–Crippen LogP) is 1.35. The molecule has 0 aromatic rings. The molecule has 1 aliphatic carbocycles. The van der Waals surface area contributed by atoms with Gasteiger partial charge in [0.15, 0.2) is 0 Å². The Morgan fingerprint density at radius 3 is 2.50 bits per heavy atom. The molecule has 124 valence electrons. The molecule has 0 unspecified atom stereocenters. The molecule has 0 aromatic carbocycles. The second kappa shape index (κ2) is 7.11. The summed E-state index contributed by atoms with van der Waals surface area (Å²) in [6.07, 6.45) is 4.55. The maximum absolute atomic E-state index is 12.3. The summed E-state index contributed by atoms with van der Waals surface area (Å²) in [5.41, 5.74) is 0. The van der Waals surface area contributed by atoms with Crippen LogP contribution in [0.5, 0.6) is 0 Å². The summed E-state index contributed by atoms with van der Waals surface area (Å²) in [5.74, 6) is -0.537. The smallest absolute Gasteiger partial charge is 0.305 e. The molecule has 1 aliphatic heterocycles. The summed E-state index contributed by atoms with van der Waals surface area (Å²) in [6, 6.07) is 0.283. The highest BCUT2D eigenvalue weighted by Crippen LogP contribution is 2.31. The van der Waals surface area contributed by atoms with E-state index >= 15 is 0 Å². The third kappa shape index (κ3) is 3.99. The Labute approximate surface area is 131 Å². The van der Waals surface area contributed by atoms with Crippen molar-refractivity contribution in [1.82, 2.24) is 9.80 Å². The van der Waals surface area contributed by atoms with Crippen LogP contribution < -0.4 is 0 Å². The minimum Gasteiger partial charge on any atom is -0.481 e. The summed E-state index contributed by atoms with van der Waals surface area (Å²) in [7, 11) is 1.61. The third-order valence-corrected chi connectivity index (χ3v) is 4.97. The second-order valence-electron chi connectivity index (χ2n) is 6.76. The first-order chi connectivity index (χ1) is 10.4. The van der Waals surface area contributed by atoms with Crippen LogP contribution in [-0.2, 0) is 14.4 Å². The molecule has 2 fully saturated rings. The summed E-state index contributed by atoms with van der Waals surface area (Å²) in [5, 5.41) is 8.68. The molecule has 2 aliphatic rings. The van der Waals surface area contributed by atoms with E-state index in [2.05, 4.69) is 6.92 Å². The van der Waals surface area contributed by atoms with Gasteiger partial charge in [-0.1, -0.05) is 6.92 Å². The van der Waals surface area contributed by atoms with Gasteiger partial charge in [0.25, 0.3) is 0 Å². The van der Waals surface area contributed by atoms with Crippen molar-refractivity contribution in [1.29, 1.82) is 0 Å². The zero-order valence-corrected chi connectivity index (χ0v) is 13.5. The molecular weight excluding hydrogens is 284 g/mol. The van der Waals surface area contributed by atoms with Crippen LogP contribution in [0.25, 0.3) is 0 Å². The van der Waals surface area contributed by atoms with Gasteiger partial charge in [-0.3, -0.25) is 14.4 Å². The zero-order valence-electron chi connectivity index (χ0n) is 13.5. The van der Waals surface area contributed by atoms with Crippen LogP contribution in [0.3, 0.4) is 0 Å². The van der Waals surface area contributed by atoms with Crippen molar-refractivity contribution < 1.29 is 19.5 Å². The Bertz CT molecular complexity index is 443. The van der Waals surface area contributed by atoms with E-state index in [1.54, 1.807) is 7.05 Å². The van der Waals surface area contributed by atoms with E-state index in [0.717, 1.165) is 31.6 Å². The first kappa shape index (κ1) is 16.8. The third-order valence-electron chi connectivity index (χ3n) is 4.97. The first-order valence-corrected chi connectivity index (χ1v) is 8.14. The molecule has 1 saturated carbocycles. The number of hydrogen-bond acceptors (Lipinski definition) is 3. The van der Waals surface area contributed by atoms with Gasteiger partial charge in [0.1, 0.15) is 0 Å². The summed E-state index contributed by atoms with van der Waals surface area (Å²) < 4.78 is 0. The fraction of sp³-hybridized carbons (Fsp3) is 0.812. The zero-order chi connectivity index (χ0) is 16.3. The van der Waals surface area contributed by atoms with E-state index in [-0.39, 0.29) is 43.2 Å². The maximum Gasteiger partial charge on any atom is 0.305 e. The van der Waals surface area contributed by atoms with Crippen LogP contribution in [0.2, 0.25) is 0 Å². The van der Waals surface area contributed by atoms with Crippen molar-refractivity contribution in [3.8, 4) is 0 Å². The number of likely N-dealkylation sites (tertiary alicyclic amines) is 1. The van der Waals surface area contributed by atoms with E-state index < -0.39 is 5.97 Å². The highest BCUT2D eigenvalue weighted by molar-refractivity contribution is 5.89. The second-order valence-corrected chi connectivity index (χ2v) is 6.76. The van der Waals surface area contributed by atoms with Crippen molar-refractivity contribution in [3.63, 3.8) is 0 Å². The van der Waals surface area contributed by atoms with Gasteiger partial charge in [-0.15, -0.1) is 0 Å². The van der Waals surface area contributed by atoms with Gasteiger partial charge in [-0.05, 0) is 31.6 Å². The average molecular weight is 310 g/mol. The largest absolute Gasteiger partial charge is 0.481 e. The number of hydrogen-bond donors (Lipinski definition) is 1. The Hall–Kier alpha value is -1.59. The van der Waals surface area contributed by atoms with Crippen molar-refractivity contribution in [2.75, 3.05) is 20.1 Å². The molecule has 2 amide bonds. The molecule has 6 heteroatoms. The monoisotopic (exact) mass is 310 g/mol. The Balaban J connectivity index is 1.88. The molecule has 1 heterocycles. The predicted molar refractivity (Wildman–Crippen MR) is 81.1 cm³/mol. The van der Waals surface area contributed by atoms with Crippen LogP contribution in [-0.4, -0.2) is 58.9 Å². The van der Waals surface area contributed by atoms with Gasteiger partial charge in [-0.25, -0.2) is 0 Å². The minimum atomic E-state index is -0.917. The van der Waals surface area contributed by atoms with Crippen LogP contribution in [0, 0.1) is 11.8 Å². The van der Waals surface area contributed by atoms with Crippen molar-refractivity contribution >= 4 is 17.8 Å². The highest BCUT2D eigenvalue weighted by atomic mass is 16.4. The normalized spacial score (nSPS) is 28.7. The minimum absolute atomic E-state index is 0.0624. The highest BCUT2D eigenvalue weighted by Gasteiger charge is 2.39. The molecule has 0 aromatic heterocycles. The van der Waals surface area contributed by atoms with Gasteiger partial charge >= 0.3 is 5.97 Å². The Morgan fingerprint density at radius 1 is 1.27 bits per heavy atom. The van der Waals surface area contributed by atoms with Crippen LogP contribution in [0.4, 0.5) is 0 Å². The van der Waals surface area contributed by atoms with E-state index in [0.29, 0.717) is 6.54 Å². The van der Waals surface area contributed by atoms with Crippen LogP contribution >= 0.6 is 0 Å². The fourth-order valence-electron chi connectivity index (χ4n) is 3.49. The number of carboxylic acid groups (broad SMARTS) is 1. The number of rotatable bonds is 5. The summed E-state index contributed by atoms with van der Waals surface area (Å²) >= 11 is 0. The summed E-state index contributed by atoms with van der Waals surface area (Å²) in [4.78, 5) is 38.5. The Kier molecular flexibility index (Phi) is 5.42. The molecule has 1 N–H and O–H groups in total. The molecule has 0 radical (unpaired) electrons. The molecule has 0 bridgehead atoms. The maximum atomic E-state index is 12.3. The topological polar surface area (TPSA) is 77.9 Å². The first-order valence-electron chi connectivity index (χ1n) is 8.14. The molecule has 0 spiro atoms. The Morgan fingerprint density at radius 2 is 1.91 bits per heavy atom. The molecule has 6 nitrogen and oxygen atoms in total. The number of aliphatic carboxylic acids is 1. The van der Waals surface area contributed by atoms with Crippen molar-refractivity contribution in [3.05, 3.63) is 0 Å². The number of carbonyl (C=O) groups is 3. The lowest BCUT2D eigenvalue weighted by Crippen LogP contribution is -2.40. The molecule has 2 rings (SSSR count). The quantitative estimate of drug-likeness (QED) is 0.831. The van der Waals surface area contributed by atoms with Gasteiger partial charge in [0.05, 0.1) is 12.3 Å². The van der Waals surface area contributed by atoms with Gasteiger partial charge in [0.2, 0.25) is 11.8 Å². The molecule has 1 saturated heterocycles. The van der Waals surface area contributed by atoms with Gasteiger partial charge < -0.3 is 14.9 Å². The van der Waals surface area contributed by atoms with Gasteiger partial charge in [0, 0.05) is 32.6 Å². The molecule has 1 atom stereocenters. The van der Waals surface area contributed by atoms with Gasteiger partial charge in [-0.2, -0.15) is 0 Å². The van der Waals surface area contributed by atoms with E-state index in [4.69, 9.17) is 5.11 Å². The van der Waals surface area contributed by atoms with Crippen molar-refractivity contribution in [2.24, 2.45) is 11.8 Å². The van der Waals surface area contributed by atoms with Crippen LogP contribution in [0.1, 0.15) is 45.4 Å². The average Bonchev–Trinajstić information content (AvgIpc) is 2.86. The summed E-state index contributed by atoms with van der Waals surface area (Å²) in [6.45, 7) is 2.93. The number of nitrogens with zero attached hydrogens (tertiary/aromatic N) is 2. The lowest BCUT2D eigenvalue weighted by Gasteiger charge is -2.33. The lowest BCUT2D eigenvalue weighted by atomic mass is 9.86. The number of carbonyl (C=O) groups excluding carboxylic acids is 2. The van der Waals surface area contributed by atoms with Crippen LogP contribution in [0.15, 0.2) is 0 Å². The van der Waals surface area contributed by atoms with E-state index in [1.165, 1.54) is 4.90 Å². The van der Waals surface area contributed by atoms with Crippen molar-refractivity contribution in [2.45, 2.75) is 51.5 Å². The number of carboxylic acids is 1. The van der Waals surface area contributed by atoms with E-state index in [1.807, 2.05) is 4.90 Å². The molecular formula is C16H26N2O4. The van der Waals surface area contributed by atoms with E-state index in [9.17, 15) is 14.4 Å². The molecule has 22 heavy (non-hydrogen) atoms. The fourth-order valence-corrected chi connectivity index (χ4v) is 3.49. The lowest BCUT2D eigenvalue weighted by molar-refractivity contribution is -0.139. The standard InChI is InChI=1S/C16H26N2O4/c1-11-3-5-13(6-4-11)18-10-12(9-14(18)19)16(22)17(2)8-7-15(20)21/h11-13H,3-10H2,1-2H3,(H,20,21)/t11?,12-,13?/m0/s1.